The predicted octanol–water partition coefficient (Wildman–Crippen LogP) is 2.54. The molecule has 1 saturated heterocycles. The van der Waals surface area contributed by atoms with Crippen LogP contribution in [-0.2, 0) is 16.0 Å². The highest BCUT2D eigenvalue weighted by molar-refractivity contribution is 6.22. The fourth-order valence-corrected chi connectivity index (χ4v) is 3.51. The van der Waals surface area contributed by atoms with Crippen molar-refractivity contribution >= 4 is 34.1 Å². The Hall–Kier alpha value is -3.52. The average Bonchev–Trinajstić information content (AvgIpc) is 3.23. The van der Waals surface area contributed by atoms with E-state index in [1.807, 2.05) is 30.5 Å². The monoisotopic (exact) mass is 378 g/mol. The molecule has 1 aliphatic rings. The second-order valence-electron chi connectivity index (χ2n) is 6.66. The standard InChI is InChI=1S/C20H18N4O4/c25-19-11-18(20(26)23(19)14-5-7-15(8-6-14)24(27)28)21-10-9-13-12-22-17-4-2-1-3-16(13)17/h1-8,12,18,21-22H,9-11H2/t18-/m1/s1. The zero-order chi connectivity index (χ0) is 19.7. The Morgan fingerprint density at radius 3 is 2.64 bits per heavy atom. The minimum absolute atomic E-state index is 0.0731. The maximum absolute atomic E-state index is 12.6. The van der Waals surface area contributed by atoms with Crippen LogP contribution in [0.2, 0.25) is 0 Å². The molecule has 2 amide bonds. The largest absolute Gasteiger partial charge is 0.361 e. The highest BCUT2D eigenvalue weighted by Crippen LogP contribution is 2.25. The van der Waals surface area contributed by atoms with Gasteiger partial charge in [-0.15, -0.1) is 0 Å². The number of rotatable bonds is 6. The first-order valence-electron chi connectivity index (χ1n) is 8.94. The fraction of sp³-hybridized carbons (Fsp3) is 0.200. The number of H-pyrrole nitrogens is 1. The van der Waals surface area contributed by atoms with E-state index >= 15 is 0 Å². The summed E-state index contributed by atoms with van der Waals surface area (Å²) in [6, 6.07) is 12.8. The molecule has 0 radical (unpaired) electrons. The number of carbonyl (C=O) groups excluding carboxylic acids is 2. The van der Waals surface area contributed by atoms with E-state index in [1.54, 1.807) is 0 Å². The van der Waals surface area contributed by atoms with Gasteiger partial charge in [0.25, 0.3) is 11.6 Å². The number of carbonyl (C=O) groups is 2. The SMILES string of the molecule is O=C1C[C@@H](NCCc2c[nH]c3ccccc23)C(=O)N1c1ccc([N+](=O)[O-])cc1. The van der Waals surface area contributed by atoms with Gasteiger partial charge in [0.15, 0.2) is 0 Å². The second-order valence-corrected chi connectivity index (χ2v) is 6.66. The lowest BCUT2D eigenvalue weighted by Gasteiger charge is -2.15. The molecule has 3 aromatic rings. The Morgan fingerprint density at radius 1 is 1.14 bits per heavy atom. The molecule has 2 N–H and O–H groups in total. The van der Waals surface area contributed by atoms with E-state index in [1.165, 1.54) is 24.3 Å². The van der Waals surface area contributed by atoms with E-state index in [0.29, 0.717) is 12.2 Å². The molecule has 28 heavy (non-hydrogen) atoms. The Balaban J connectivity index is 1.40. The second kappa shape index (κ2) is 7.24. The number of nitrogens with one attached hydrogen (secondary N) is 2. The third-order valence-corrected chi connectivity index (χ3v) is 4.93. The van der Waals surface area contributed by atoms with Crippen LogP contribution in [0.15, 0.2) is 54.7 Å². The zero-order valence-corrected chi connectivity index (χ0v) is 14.9. The molecule has 8 nitrogen and oxygen atoms in total. The van der Waals surface area contributed by atoms with Gasteiger partial charge < -0.3 is 10.3 Å². The highest BCUT2D eigenvalue weighted by atomic mass is 16.6. The van der Waals surface area contributed by atoms with Crippen LogP contribution in [0.3, 0.4) is 0 Å². The number of amides is 2. The van der Waals surface area contributed by atoms with Gasteiger partial charge in [-0.25, -0.2) is 4.90 Å². The number of nitrogens with zero attached hydrogens (tertiary/aromatic N) is 2. The van der Waals surface area contributed by atoms with Crippen LogP contribution in [0.1, 0.15) is 12.0 Å². The molecular formula is C20H18N4O4. The molecule has 0 spiro atoms. The van der Waals surface area contributed by atoms with Gasteiger partial charge in [0.1, 0.15) is 0 Å². The van der Waals surface area contributed by atoms with Crippen LogP contribution in [0.25, 0.3) is 10.9 Å². The summed E-state index contributed by atoms with van der Waals surface area (Å²) in [5, 5.41) is 15.1. The number of nitro groups is 1. The number of anilines is 1. The lowest BCUT2D eigenvalue weighted by molar-refractivity contribution is -0.384. The molecule has 1 aliphatic heterocycles. The van der Waals surface area contributed by atoms with Gasteiger partial charge in [-0.05, 0) is 30.2 Å². The van der Waals surface area contributed by atoms with Crippen molar-refractivity contribution in [2.24, 2.45) is 0 Å². The summed E-state index contributed by atoms with van der Waals surface area (Å²) in [4.78, 5) is 39.5. The predicted molar refractivity (Wildman–Crippen MR) is 104 cm³/mol. The van der Waals surface area contributed by atoms with E-state index in [9.17, 15) is 19.7 Å². The van der Waals surface area contributed by atoms with Crippen molar-refractivity contribution in [2.45, 2.75) is 18.9 Å². The molecule has 1 atom stereocenters. The van der Waals surface area contributed by atoms with Gasteiger partial charge in [-0.1, -0.05) is 18.2 Å². The Labute approximate surface area is 160 Å². The molecule has 0 bridgehead atoms. The van der Waals surface area contributed by atoms with Gasteiger partial charge in [0.05, 0.1) is 23.1 Å². The summed E-state index contributed by atoms with van der Waals surface area (Å²) < 4.78 is 0. The molecule has 1 aromatic heterocycles. The number of nitro benzene ring substituents is 1. The van der Waals surface area contributed by atoms with Crippen LogP contribution in [0.4, 0.5) is 11.4 Å². The minimum Gasteiger partial charge on any atom is -0.361 e. The van der Waals surface area contributed by atoms with E-state index in [4.69, 9.17) is 0 Å². The number of para-hydroxylation sites is 1. The highest BCUT2D eigenvalue weighted by Gasteiger charge is 2.39. The first kappa shape index (κ1) is 17.9. The number of imide groups is 1. The number of non-ortho nitro benzene ring substituents is 1. The van der Waals surface area contributed by atoms with E-state index < -0.39 is 11.0 Å². The van der Waals surface area contributed by atoms with Crippen molar-refractivity contribution in [1.29, 1.82) is 0 Å². The Morgan fingerprint density at radius 2 is 1.89 bits per heavy atom. The van der Waals surface area contributed by atoms with Crippen molar-refractivity contribution in [3.63, 3.8) is 0 Å². The number of fused-ring (bicyclic) bond motifs is 1. The van der Waals surface area contributed by atoms with Crippen LogP contribution < -0.4 is 10.2 Å². The number of hydrogen-bond donors (Lipinski definition) is 2. The molecule has 2 aromatic carbocycles. The van der Waals surface area contributed by atoms with E-state index in [0.717, 1.165) is 27.8 Å². The lowest BCUT2D eigenvalue weighted by atomic mass is 10.1. The van der Waals surface area contributed by atoms with Crippen molar-refractivity contribution in [3.8, 4) is 0 Å². The molecule has 0 unspecified atom stereocenters. The summed E-state index contributed by atoms with van der Waals surface area (Å²) in [5.41, 5.74) is 2.47. The van der Waals surface area contributed by atoms with Crippen LogP contribution in [0.5, 0.6) is 0 Å². The average molecular weight is 378 g/mol. The first-order chi connectivity index (χ1) is 13.5. The molecule has 2 heterocycles. The maximum atomic E-state index is 12.6. The zero-order valence-electron chi connectivity index (χ0n) is 14.9. The van der Waals surface area contributed by atoms with Gasteiger partial charge in [0, 0.05) is 35.8 Å². The molecule has 8 heteroatoms. The summed E-state index contributed by atoms with van der Waals surface area (Å²) in [5.74, 6) is -0.652. The van der Waals surface area contributed by atoms with Crippen LogP contribution >= 0.6 is 0 Å². The molecule has 0 aliphatic carbocycles. The quantitative estimate of drug-likeness (QED) is 0.389. The number of benzene rings is 2. The van der Waals surface area contributed by atoms with Crippen molar-refractivity contribution in [3.05, 3.63) is 70.4 Å². The van der Waals surface area contributed by atoms with Crippen LogP contribution in [0, 0.1) is 10.1 Å². The summed E-state index contributed by atoms with van der Waals surface area (Å²) >= 11 is 0. The maximum Gasteiger partial charge on any atom is 0.269 e. The third kappa shape index (κ3) is 3.25. The van der Waals surface area contributed by atoms with Crippen molar-refractivity contribution in [2.75, 3.05) is 11.4 Å². The lowest BCUT2D eigenvalue weighted by Crippen LogP contribution is -2.39. The summed E-state index contributed by atoms with van der Waals surface area (Å²) in [7, 11) is 0. The molecule has 0 saturated carbocycles. The topological polar surface area (TPSA) is 108 Å². The molecule has 4 rings (SSSR count). The van der Waals surface area contributed by atoms with Gasteiger partial charge in [-0.3, -0.25) is 19.7 Å². The van der Waals surface area contributed by atoms with Gasteiger partial charge in [0.2, 0.25) is 5.91 Å². The molecule has 1 fully saturated rings. The molecule has 142 valence electrons. The van der Waals surface area contributed by atoms with Crippen molar-refractivity contribution < 1.29 is 14.5 Å². The summed E-state index contributed by atoms with van der Waals surface area (Å²) in [6.45, 7) is 0.555. The normalized spacial score (nSPS) is 16.9. The van der Waals surface area contributed by atoms with Gasteiger partial charge in [-0.2, -0.15) is 0 Å². The van der Waals surface area contributed by atoms with E-state index in [2.05, 4.69) is 10.3 Å². The smallest absolute Gasteiger partial charge is 0.269 e. The Kier molecular flexibility index (Phi) is 4.62. The summed E-state index contributed by atoms with van der Waals surface area (Å²) in [6.07, 6.45) is 2.75. The third-order valence-electron chi connectivity index (χ3n) is 4.93. The first-order valence-corrected chi connectivity index (χ1v) is 8.94. The van der Waals surface area contributed by atoms with Gasteiger partial charge >= 0.3 is 0 Å². The van der Waals surface area contributed by atoms with E-state index in [-0.39, 0.29) is 23.9 Å². The minimum atomic E-state index is -0.590. The van der Waals surface area contributed by atoms with Crippen LogP contribution in [-0.4, -0.2) is 34.3 Å². The Bertz CT molecular complexity index is 1060. The number of aromatic amines is 1. The fourth-order valence-electron chi connectivity index (χ4n) is 3.51. The number of aromatic nitrogens is 1. The van der Waals surface area contributed by atoms with Crippen molar-refractivity contribution in [1.82, 2.24) is 10.3 Å². The molecular weight excluding hydrogens is 360 g/mol. The number of hydrogen-bond acceptors (Lipinski definition) is 5.